The third-order valence-electron chi connectivity index (χ3n) is 2.79. The molecule has 0 radical (unpaired) electrons. The second kappa shape index (κ2) is 6.26. The van der Waals surface area contributed by atoms with Gasteiger partial charge in [0.2, 0.25) is 5.88 Å². The number of anilines is 2. The van der Waals surface area contributed by atoms with Gasteiger partial charge in [0, 0.05) is 24.4 Å². The highest BCUT2D eigenvalue weighted by Gasteiger charge is 2.11. The molecule has 0 spiro atoms. The van der Waals surface area contributed by atoms with E-state index < -0.39 is 0 Å². The lowest BCUT2D eigenvalue weighted by atomic mass is 10.2. The molecule has 0 N–H and O–H groups in total. The molecule has 0 unspecified atom stereocenters. The van der Waals surface area contributed by atoms with Crippen LogP contribution in [0, 0.1) is 22.7 Å². The highest BCUT2D eigenvalue weighted by molar-refractivity contribution is 5.63. The van der Waals surface area contributed by atoms with Gasteiger partial charge < -0.3 is 9.32 Å². The van der Waals surface area contributed by atoms with Crippen LogP contribution in [0.15, 0.2) is 52.5 Å². The first-order valence-electron chi connectivity index (χ1n) is 6.22. The second-order valence-electron chi connectivity index (χ2n) is 4.04. The standard InChI is InChI=1S/C16H13N3O/c1-2-19(14-6-4-3-5-7-14)16-9-8-15(20-16)10-13(11-17)12-18/h3-10H,2H2,1H3. The first kappa shape index (κ1) is 13.5. The summed E-state index contributed by atoms with van der Waals surface area (Å²) in [5, 5.41) is 17.5. The largest absolute Gasteiger partial charge is 0.441 e. The maximum Gasteiger partial charge on any atom is 0.200 e. The van der Waals surface area contributed by atoms with E-state index >= 15 is 0 Å². The molecule has 4 heteroatoms. The lowest BCUT2D eigenvalue weighted by Crippen LogP contribution is -2.14. The van der Waals surface area contributed by atoms with E-state index in [0.29, 0.717) is 11.6 Å². The van der Waals surface area contributed by atoms with Gasteiger partial charge in [-0.1, -0.05) is 18.2 Å². The van der Waals surface area contributed by atoms with Crippen molar-refractivity contribution in [3.63, 3.8) is 0 Å². The molecule has 0 aliphatic rings. The molecule has 1 heterocycles. The Hall–Kier alpha value is -2.98. The summed E-state index contributed by atoms with van der Waals surface area (Å²) in [6.45, 7) is 2.78. The summed E-state index contributed by atoms with van der Waals surface area (Å²) >= 11 is 0. The van der Waals surface area contributed by atoms with Crippen LogP contribution in [0.2, 0.25) is 0 Å². The van der Waals surface area contributed by atoms with Gasteiger partial charge in [-0.05, 0) is 25.1 Å². The molecule has 4 nitrogen and oxygen atoms in total. The summed E-state index contributed by atoms with van der Waals surface area (Å²) in [7, 11) is 0. The van der Waals surface area contributed by atoms with Crippen LogP contribution in [0.1, 0.15) is 12.7 Å². The SMILES string of the molecule is CCN(c1ccccc1)c1ccc(C=C(C#N)C#N)o1. The number of nitrogens with zero attached hydrogens (tertiary/aromatic N) is 3. The Labute approximate surface area is 117 Å². The van der Waals surface area contributed by atoms with Crippen molar-refractivity contribution in [2.75, 3.05) is 11.4 Å². The fourth-order valence-electron chi connectivity index (χ4n) is 1.87. The Morgan fingerprint density at radius 3 is 2.45 bits per heavy atom. The number of hydrogen-bond donors (Lipinski definition) is 0. The Morgan fingerprint density at radius 2 is 1.85 bits per heavy atom. The van der Waals surface area contributed by atoms with E-state index in [4.69, 9.17) is 14.9 Å². The number of rotatable bonds is 4. The number of para-hydroxylation sites is 1. The van der Waals surface area contributed by atoms with Crippen LogP contribution < -0.4 is 4.90 Å². The number of hydrogen-bond acceptors (Lipinski definition) is 4. The topological polar surface area (TPSA) is 64.0 Å². The molecule has 0 bridgehead atoms. The number of furan rings is 1. The second-order valence-corrected chi connectivity index (χ2v) is 4.04. The smallest absolute Gasteiger partial charge is 0.200 e. The van der Waals surface area contributed by atoms with Crippen molar-refractivity contribution in [2.45, 2.75) is 6.92 Å². The van der Waals surface area contributed by atoms with Gasteiger partial charge in [-0.3, -0.25) is 0 Å². The third kappa shape index (κ3) is 2.88. The quantitative estimate of drug-likeness (QED) is 0.785. The van der Waals surface area contributed by atoms with Gasteiger partial charge in [0.15, 0.2) is 0 Å². The molecule has 0 aliphatic carbocycles. The van der Waals surface area contributed by atoms with Gasteiger partial charge in [0.25, 0.3) is 0 Å². The third-order valence-corrected chi connectivity index (χ3v) is 2.79. The van der Waals surface area contributed by atoms with E-state index in [1.807, 2.05) is 60.4 Å². The normalized spacial score (nSPS) is 9.35. The van der Waals surface area contributed by atoms with Crippen molar-refractivity contribution in [3.8, 4) is 12.1 Å². The van der Waals surface area contributed by atoms with Crippen molar-refractivity contribution in [3.05, 3.63) is 53.8 Å². The molecule has 0 saturated heterocycles. The monoisotopic (exact) mass is 263 g/mol. The van der Waals surface area contributed by atoms with Crippen LogP contribution in [0.3, 0.4) is 0 Å². The van der Waals surface area contributed by atoms with E-state index in [1.54, 1.807) is 6.07 Å². The van der Waals surface area contributed by atoms with Crippen LogP contribution >= 0.6 is 0 Å². The maximum absolute atomic E-state index is 8.73. The highest BCUT2D eigenvalue weighted by Crippen LogP contribution is 2.27. The van der Waals surface area contributed by atoms with E-state index in [0.717, 1.165) is 12.2 Å². The van der Waals surface area contributed by atoms with Crippen LogP contribution in [-0.4, -0.2) is 6.54 Å². The molecule has 98 valence electrons. The average molecular weight is 263 g/mol. The minimum atomic E-state index is 0.0219. The van der Waals surface area contributed by atoms with Gasteiger partial charge in [-0.15, -0.1) is 0 Å². The summed E-state index contributed by atoms with van der Waals surface area (Å²) in [5.41, 5.74) is 1.05. The molecule has 2 aromatic rings. The fourth-order valence-corrected chi connectivity index (χ4v) is 1.87. The molecular formula is C16H13N3O. The zero-order valence-corrected chi connectivity index (χ0v) is 11.1. The molecule has 1 aromatic heterocycles. The first-order valence-corrected chi connectivity index (χ1v) is 6.22. The molecule has 0 atom stereocenters. The Balaban J connectivity index is 2.31. The molecule has 1 aromatic carbocycles. The maximum atomic E-state index is 8.73. The van der Waals surface area contributed by atoms with Crippen LogP contribution in [0.25, 0.3) is 6.08 Å². The van der Waals surface area contributed by atoms with E-state index in [9.17, 15) is 0 Å². The lowest BCUT2D eigenvalue weighted by Gasteiger charge is -2.19. The molecular weight excluding hydrogens is 250 g/mol. The van der Waals surface area contributed by atoms with Crippen molar-refractivity contribution < 1.29 is 4.42 Å². The average Bonchev–Trinajstić information content (AvgIpc) is 2.95. The zero-order chi connectivity index (χ0) is 14.4. The molecule has 0 fully saturated rings. The molecule has 20 heavy (non-hydrogen) atoms. The van der Waals surface area contributed by atoms with Gasteiger partial charge in [0.05, 0.1) is 0 Å². The van der Waals surface area contributed by atoms with Crippen molar-refractivity contribution >= 4 is 17.6 Å². The molecule has 0 amide bonds. The minimum absolute atomic E-state index is 0.0219. The van der Waals surface area contributed by atoms with Gasteiger partial charge in [-0.2, -0.15) is 10.5 Å². The van der Waals surface area contributed by atoms with Gasteiger partial charge in [0.1, 0.15) is 23.5 Å². The van der Waals surface area contributed by atoms with Crippen LogP contribution in [0.4, 0.5) is 11.6 Å². The van der Waals surface area contributed by atoms with Crippen LogP contribution in [-0.2, 0) is 0 Å². The number of benzene rings is 1. The molecule has 2 rings (SSSR count). The van der Waals surface area contributed by atoms with E-state index in [2.05, 4.69) is 0 Å². The van der Waals surface area contributed by atoms with Gasteiger partial charge >= 0.3 is 0 Å². The van der Waals surface area contributed by atoms with E-state index in [-0.39, 0.29) is 5.57 Å². The van der Waals surface area contributed by atoms with Crippen molar-refractivity contribution in [2.24, 2.45) is 0 Å². The molecule has 0 aliphatic heterocycles. The minimum Gasteiger partial charge on any atom is -0.441 e. The Bertz CT molecular complexity index is 671. The summed E-state index contributed by atoms with van der Waals surface area (Å²) in [6.07, 6.45) is 1.43. The number of allylic oxidation sites excluding steroid dienone is 1. The summed E-state index contributed by atoms with van der Waals surface area (Å²) in [6, 6.07) is 17.1. The lowest BCUT2D eigenvalue weighted by molar-refractivity contribution is 0.554. The van der Waals surface area contributed by atoms with Crippen molar-refractivity contribution in [1.29, 1.82) is 10.5 Å². The zero-order valence-electron chi connectivity index (χ0n) is 11.1. The summed E-state index contributed by atoms with van der Waals surface area (Å²) in [5.74, 6) is 1.17. The van der Waals surface area contributed by atoms with Crippen molar-refractivity contribution in [1.82, 2.24) is 0 Å². The molecule has 0 saturated carbocycles. The highest BCUT2D eigenvalue weighted by atomic mass is 16.4. The van der Waals surface area contributed by atoms with E-state index in [1.165, 1.54) is 6.08 Å². The Morgan fingerprint density at radius 1 is 1.15 bits per heavy atom. The van der Waals surface area contributed by atoms with Crippen LogP contribution in [0.5, 0.6) is 0 Å². The predicted octanol–water partition coefficient (Wildman–Crippen LogP) is 3.87. The summed E-state index contributed by atoms with van der Waals surface area (Å²) < 4.78 is 5.67. The first-order chi connectivity index (χ1) is 9.78. The predicted molar refractivity (Wildman–Crippen MR) is 77.0 cm³/mol. The summed E-state index contributed by atoms with van der Waals surface area (Å²) in [4.78, 5) is 2.01. The number of nitriles is 2. The van der Waals surface area contributed by atoms with Gasteiger partial charge in [-0.25, -0.2) is 0 Å². The Kier molecular flexibility index (Phi) is 4.21. The fraction of sp³-hybridized carbons (Fsp3) is 0.125.